The molecule has 20 heavy (non-hydrogen) atoms. The Labute approximate surface area is 115 Å². The first-order chi connectivity index (χ1) is 9.40. The number of benzene rings is 1. The van der Waals surface area contributed by atoms with Gasteiger partial charge in [0.25, 0.3) is 0 Å². The van der Waals surface area contributed by atoms with Gasteiger partial charge in [0, 0.05) is 18.3 Å². The molecule has 106 valence electrons. The third-order valence-corrected chi connectivity index (χ3v) is 4.29. The molecule has 0 fully saturated rings. The number of carboxylic acids is 1. The van der Waals surface area contributed by atoms with Gasteiger partial charge in [0.05, 0.1) is 16.7 Å². The molecule has 1 heterocycles. The molecule has 2 aromatic rings. The van der Waals surface area contributed by atoms with Crippen LogP contribution in [0.4, 0.5) is 0 Å². The van der Waals surface area contributed by atoms with E-state index in [0.717, 1.165) is 6.07 Å². The maximum Gasteiger partial charge on any atom is 0.335 e. The number of aryl methyl sites for hydroxylation is 1. The van der Waals surface area contributed by atoms with E-state index in [1.807, 2.05) is 0 Å². The summed E-state index contributed by atoms with van der Waals surface area (Å²) in [7, 11) is -3.78. The number of carbonyl (C=O) groups is 1. The quantitative estimate of drug-likeness (QED) is 0.758. The minimum absolute atomic E-state index is 0.0408. The van der Waals surface area contributed by atoms with Crippen LogP contribution >= 0.6 is 0 Å². The summed E-state index contributed by atoms with van der Waals surface area (Å²) in [4.78, 5) is 10.9. The molecule has 0 aliphatic heterocycles. The molecule has 0 spiro atoms. The molecule has 0 atom stereocenters. The molecule has 0 saturated heterocycles. The number of hydrogen-bond donors (Lipinski definition) is 3. The lowest BCUT2D eigenvalue weighted by molar-refractivity contribution is 0.0696. The van der Waals surface area contributed by atoms with E-state index in [1.54, 1.807) is 13.1 Å². The van der Waals surface area contributed by atoms with Crippen molar-refractivity contribution in [1.82, 2.24) is 14.9 Å². The molecule has 0 saturated carbocycles. The number of aromatic carboxylic acids is 1. The highest BCUT2D eigenvalue weighted by Gasteiger charge is 2.18. The van der Waals surface area contributed by atoms with Crippen LogP contribution in [0.1, 0.15) is 21.5 Å². The second-order valence-corrected chi connectivity index (χ2v) is 5.95. The number of carboxylic acid groups (broad SMARTS) is 1. The van der Waals surface area contributed by atoms with Gasteiger partial charge in [-0.15, -0.1) is 0 Å². The van der Waals surface area contributed by atoms with Gasteiger partial charge in [-0.2, -0.15) is 5.10 Å². The van der Waals surface area contributed by atoms with Crippen molar-refractivity contribution < 1.29 is 18.3 Å². The fourth-order valence-electron chi connectivity index (χ4n) is 1.65. The molecule has 2 rings (SSSR count). The summed E-state index contributed by atoms with van der Waals surface area (Å²) < 4.78 is 26.8. The summed E-state index contributed by atoms with van der Waals surface area (Å²) in [5.74, 6) is -1.17. The average Bonchev–Trinajstić information content (AvgIpc) is 2.89. The van der Waals surface area contributed by atoms with Gasteiger partial charge in [-0.3, -0.25) is 5.10 Å². The molecule has 0 unspecified atom stereocenters. The van der Waals surface area contributed by atoms with Crippen LogP contribution in [0.2, 0.25) is 0 Å². The third kappa shape index (κ3) is 3.03. The van der Waals surface area contributed by atoms with E-state index in [-0.39, 0.29) is 17.0 Å². The van der Waals surface area contributed by atoms with Gasteiger partial charge in [0.15, 0.2) is 0 Å². The summed E-state index contributed by atoms with van der Waals surface area (Å²) in [6.07, 6.45) is 3.08. The topological polar surface area (TPSA) is 112 Å². The smallest absolute Gasteiger partial charge is 0.335 e. The zero-order valence-corrected chi connectivity index (χ0v) is 11.4. The van der Waals surface area contributed by atoms with Crippen molar-refractivity contribution in [2.24, 2.45) is 0 Å². The van der Waals surface area contributed by atoms with E-state index >= 15 is 0 Å². The van der Waals surface area contributed by atoms with Crippen LogP contribution in [-0.4, -0.2) is 29.7 Å². The summed E-state index contributed by atoms with van der Waals surface area (Å²) >= 11 is 0. The normalized spacial score (nSPS) is 11.4. The van der Waals surface area contributed by atoms with Crippen molar-refractivity contribution in [1.29, 1.82) is 0 Å². The van der Waals surface area contributed by atoms with E-state index in [0.29, 0.717) is 11.1 Å². The molecule has 0 aliphatic carbocycles. The van der Waals surface area contributed by atoms with E-state index in [4.69, 9.17) is 5.11 Å². The number of sulfonamides is 1. The van der Waals surface area contributed by atoms with Crippen LogP contribution in [0.5, 0.6) is 0 Å². The van der Waals surface area contributed by atoms with Crippen LogP contribution in [-0.2, 0) is 16.6 Å². The minimum atomic E-state index is -3.78. The van der Waals surface area contributed by atoms with E-state index in [2.05, 4.69) is 14.9 Å². The van der Waals surface area contributed by atoms with Crippen LogP contribution < -0.4 is 4.72 Å². The number of aromatic amines is 1. The molecule has 8 heteroatoms. The molecule has 1 aromatic heterocycles. The standard InChI is InChI=1S/C12H13N3O4S/c1-8-2-3-10(12(16)17)4-11(8)20(18,19)15-7-9-5-13-14-6-9/h2-6,15H,7H2,1H3,(H,13,14)(H,16,17). The number of hydrogen-bond acceptors (Lipinski definition) is 4. The van der Waals surface area contributed by atoms with Gasteiger partial charge in [-0.25, -0.2) is 17.9 Å². The number of nitrogens with zero attached hydrogens (tertiary/aromatic N) is 1. The Morgan fingerprint density at radius 3 is 2.80 bits per heavy atom. The molecule has 0 bridgehead atoms. The van der Waals surface area contributed by atoms with Gasteiger partial charge < -0.3 is 5.11 Å². The van der Waals surface area contributed by atoms with Crippen molar-refractivity contribution in [2.75, 3.05) is 0 Å². The first kappa shape index (κ1) is 14.2. The average molecular weight is 295 g/mol. The van der Waals surface area contributed by atoms with Crippen LogP contribution in [0.25, 0.3) is 0 Å². The van der Waals surface area contributed by atoms with Gasteiger partial charge in [0.2, 0.25) is 10.0 Å². The molecular weight excluding hydrogens is 282 g/mol. The maximum absolute atomic E-state index is 12.2. The number of nitrogens with one attached hydrogen (secondary N) is 2. The highest BCUT2D eigenvalue weighted by atomic mass is 32.2. The number of rotatable bonds is 5. The Morgan fingerprint density at radius 2 is 2.20 bits per heavy atom. The lowest BCUT2D eigenvalue weighted by atomic mass is 10.1. The third-order valence-electron chi connectivity index (χ3n) is 2.75. The largest absolute Gasteiger partial charge is 0.478 e. The molecular formula is C12H13N3O4S. The van der Waals surface area contributed by atoms with Gasteiger partial charge >= 0.3 is 5.97 Å². The molecule has 7 nitrogen and oxygen atoms in total. The zero-order valence-electron chi connectivity index (χ0n) is 10.6. The van der Waals surface area contributed by atoms with Crippen molar-refractivity contribution in [3.63, 3.8) is 0 Å². The first-order valence-corrected chi connectivity index (χ1v) is 7.20. The zero-order chi connectivity index (χ0) is 14.8. The van der Waals surface area contributed by atoms with E-state index in [1.165, 1.54) is 18.3 Å². The second-order valence-electron chi connectivity index (χ2n) is 4.22. The predicted molar refractivity (Wildman–Crippen MR) is 70.8 cm³/mol. The molecule has 3 N–H and O–H groups in total. The Balaban J connectivity index is 2.28. The predicted octanol–water partition coefficient (Wildman–Crippen LogP) is 0.895. The van der Waals surface area contributed by atoms with Crippen molar-refractivity contribution in [3.05, 3.63) is 47.3 Å². The summed E-state index contributed by atoms with van der Waals surface area (Å²) in [5, 5.41) is 15.2. The SMILES string of the molecule is Cc1ccc(C(=O)O)cc1S(=O)(=O)NCc1cn[nH]c1. The lowest BCUT2D eigenvalue weighted by Gasteiger charge is -2.09. The number of aromatic nitrogens is 2. The molecule has 0 aliphatic rings. The molecule has 0 radical (unpaired) electrons. The van der Waals surface area contributed by atoms with Crippen LogP contribution in [0.15, 0.2) is 35.5 Å². The summed E-state index contributed by atoms with van der Waals surface area (Å²) in [6, 6.07) is 3.98. The van der Waals surface area contributed by atoms with Gasteiger partial charge in [-0.1, -0.05) is 6.07 Å². The second kappa shape index (κ2) is 5.43. The lowest BCUT2D eigenvalue weighted by Crippen LogP contribution is -2.24. The Bertz CT molecular complexity index is 723. The summed E-state index contributed by atoms with van der Waals surface area (Å²) in [5.41, 5.74) is 1.09. The Hall–Kier alpha value is -2.19. The van der Waals surface area contributed by atoms with Crippen molar-refractivity contribution >= 4 is 16.0 Å². The van der Waals surface area contributed by atoms with Gasteiger partial charge in [0.1, 0.15) is 0 Å². The highest BCUT2D eigenvalue weighted by Crippen LogP contribution is 2.17. The monoisotopic (exact) mass is 295 g/mol. The fraction of sp³-hybridized carbons (Fsp3) is 0.167. The fourth-order valence-corrected chi connectivity index (χ4v) is 2.94. The van der Waals surface area contributed by atoms with E-state index < -0.39 is 16.0 Å². The van der Waals surface area contributed by atoms with Gasteiger partial charge in [-0.05, 0) is 24.6 Å². The number of H-pyrrole nitrogens is 1. The van der Waals surface area contributed by atoms with Crippen molar-refractivity contribution in [3.8, 4) is 0 Å². The first-order valence-electron chi connectivity index (χ1n) is 5.71. The van der Waals surface area contributed by atoms with Crippen LogP contribution in [0, 0.1) is 6.92 Å². The van der Waals surface area contributed by atoms with Crippen molar-refractivity contribution in [2.45, 2.75) is 18.4 Å². The Kier molecular flexibility index (Phi) is 3.86. The molecule has 0 amide bonds. The molecule has 1 aromatic carbocycles. The van der Waals surface area contributed by atoms with Crippen LogP contribution in [0.3, 0.4) is 0 Å². The Morgan fingerprint density at radius 1 is 1.45 bits per heavy atom. The highest BCUT2D eigenvalue weighted by molar-refractivity contribution is 7.89. The summed E-state index contributed by atoms with van der Waals surface area (Å²) in [6.45, 7) is 1.69. The minimum Gasteiger partial charge on any atom is -0.478 e. The van der Waals surface area contributed by atoms with E-state index in [9.17, 15) is 13.2 Å². The maximum atomic E-state index is 12.2.